The molecule has 0 radical (unpaired) electrons. The van der Waals surface area contributed by atoms with Crippen LogP contribution in [0.15, 0.2) is 48.5 Å². The fourth-order valence-corrected chi connectivity index (χ4v) is 2.78. The van der Waals surface area contributed by atoms with Crippen molar-refractivity contribution in [3.8, 4) is 0 Å². The van der Waals surface area contributed by atoms with Crippen molar-refractivity contribution in [3.63, 3.8) is 0 Å². The van der Waals surface area contributed by atoms with E-state index in [1.54, 1.807) is 4.90 Å². The van der Waals surface area contributed by atoms with Gasteiger partial charge in [0.2, 0.25) is 5.91 Å². The smallest absolute Gasteiger partial charge is 0.245 e. The molecule has 0 fully saturated rings. The zero-order chi connectivity index (χ0) is 14.8. The van der Waals surface area contributed by atoms with Gasteiger partial charge in [-0.1, -0.05) is 41.9 Å². The van der Waals surface area contributed by atoms with Crippen molar-refractivity contribution >= 4 is 23.2 Å². The molecule has 21 heavy (non-hydrogen) atoms. The Bertz CT molecular complexity index is 629. The minimum atomic E-state index is -0.167. The number of nitrogens with zero attached hydrogens (tertiary/aromatic N) is 1. The average molecular weight is 301 g/mol. The van der Waals surface area contributed by atoms with Crippen LogP contribution < -0.4 is 5.32 Å². The van der Waals surface area contributed by atoms with Crippen LogP contribution in [0.25, 0.3) is 0 Å². The highest BCUT2D eigenvalue weighted by molar-refractivity contribution is 6.30. The molecule has 1 aliphatic heterocycles. The lowest BCUT2D eigenvalue weighted by molar-refractivity contribution is -0.131. The van der Waals surface area contributed by atoms with Crippen molar-refractivity contribution in [2.45, 2.75) is 19.0 Å². The third-order valence-electron chi connectivity index (χ3n) is 3.78. The van der Waals surface area contributed by atoms with Gasteiger partial charge >= 0.3 is 0 Å². The van der Waals surface area contributed by atoms with Crippen LogP contribution in [0.1, 0.15) is 11.1 Å². The normalized spacial score (nSPS) is 16.2. The summed E-state index contributed by atoms with van der Waals surface area (Å²) >= 11 is 5.88. The molecule has 3 nitrogen and oxygen atoms in total. The molecule has 0 aliphatic carbocycles. The predicted molar refractivity (Wildman–Crippen MR) is 85.5 cm³/mol. The van der Waals surface area contributed by atoms with Crippen LogP contribution in [0.4, 0.5) is 5.69 Å². The van der Waals surface area contributed by atoms with Gasteiger partial charge in [-0.15, -0.1) is 0 Å². The van der Waals surface area contributed by atoms with E-state index >= 15 is 0 Å². The fourth-order valence-electron chi connectivity index (χ4n) is 2.65. The molecule has 0 spiro atoms. The van der Waals surface area contributed by atoms with E-state index in [4.69, 9.17) is 11.6 Å². The zero-order valence-electron chi connectivity index (χ0n) is 11.8. The monoisotopic (exact) mass is 300 g/mol. The number of benzene rings is 2. The Kier molecular flexibility index (Phi) is 3.84. The van der Waals surface area contributed by atoms with Gasteiger partial charge in [0, 0.05) is 30.7 Å². The van der Waals surface area contributed by atoms with Crippen molar-refractivity contribution in [2.75, 3.05) is 12.4 Å². The minimum Gasteiger partial charge on any atom is -0.373 e. The zero-order valence-corrected chi connectivity index (χ0v) is 12.6. The third kappa shape index (κ3) is 3.03. The molecule has 1 atom stereocenters. The van der Waals surface area contributed by atoms with E-state index in [-0.39, 0.29) is 11.9 Å². The number of fused-ring (bicyclic) bond motifs is 1. The molecule has 0 bridgehead atoms. The van der Waals surface area contributed by atoms with Gasteiger partial charge in [-0.2, -0.15) is 0 Å². The van der Waals surface area contributed by atoms with E-state index in [2.05, 4.69) is 11.4 Å². The number of likely N-dealkylation sites (N-methyl/N-ethyl adjacent to an activating group) is 1. The van der Waals surface area contributed by atoms with Gasteiger partial charge in [-0.25, -0.2) is 0 Å². The Labute approximate surface area is 129 Å². The fraction of sp³-hybridized carbons (Fsp3) is 0.235. The standard InChI is InChI=1S/C17H17ClN2O/c1-20(11-12-6-8-14(18)9-7-12)17(21)16-10-13-4-2-3-5-15(13)19-16/h2-9,16,19H,10-11H2,1H3/t16-/m0/s1. The van der Waals surface area contributed by atoms with Gasteiger partial charge in [0.25, 0.3) is 0 Å². The lowest BCUT2D eigenvalue weighted by Gasteiger charge is -2.21. The van der Waals surface area contributed by atoms with E-state index in [1.165, 1.54) is 5.56 Å². The number of carbonyl (C=O) groups excluding carboxylic acids is 1. The van der Waals surface area contributed by atoms with Crippen molar-refractivity contribution in [2.24, 2.45) is 0 Å². The SMILES string of the molecule is CN(Cc1ccc(Cl)cc1)C(=O)[C@@H]1Cc2ccccc2N1. The molecule has 0 saturated heterocycles. The highest BCUT2D eigenvalue weighted by Gasteiger charge is 2.28. The molecular formula is C17H17ClN2O. The second kappa shape index (κ2) is 5.78. The summed E-state index contributed by atoms with van der Waals surface area (Å²) in [6, 6.07) is 15.5. The maximum atomic E-state index is 12.5. The number of rotatable bonds is 3. The first-order chi connectivity index (χ1) is 10.1. The predicted octanol–water partition coefficient (Wildman–Crippen LogP) is 3.34. The number of hydrogen-bond acceptors (Lipinski definition) is 2. The van der Waals surface area contributed by atoms with E-state index in [9.17, 15) is 4.79 Å². The largest absolute Gasteiger partial charge is 0.373 e. The second-order valence-corrected chi connectivity index (χ2v) is 5.82. The molecule has 1 amide bonds. The summed E-state index contributed by atoms with van der Waals surface area (Å²) in [5.74, 6) is 0.112. The summed E-state index contributed by atoms with van der Waals surface area (Å²) in [5.41, 5.74) is 3.34. The van der Waals surface area contributed by atoms with E-state index in [0.717, 1.165) is 17.7 Å². The molecule has 2 aromatic carbocycles. The molecule has 108 valence electrons. The Morgan fingerprint density at radius 1 is 1.24 bits per heavy atom. The minimum absolute atomic E-state index is 0.112. The highest BCUT2D eigenvalue weighted by Crippen LogP contribution is 2.26. The Morgan fingerprint density at radius 2 is 1.95 bits per heavy atom. The second-order valence-electron chi connectivity index (χ2n) is 5.38. The van der Waals surface area contributed by atoms with Gasteiger partial charge in [0.15, 0.2) is 0 Å². The van der Waals surface area contributed by atoms with Crippen molar-refractivity contribution in [3.05, 3.63) is 64.7 Å². The van der Waals surface area contributed by atoms with Crippen LogP contribution in [0, 0.1) is 0 Å². The van der Waals surface area contributed by atoms with Gasteiger partial charge in [0.05, 0.1) is 0 Å². The number of hydrogen-bond donors (Lipinski definition) is 1. The summed E-state index contributed by atoms with van der Waals surface area (Å²) in [4.78, 5) is 14.3. The maximum absolute atomic E-state index is 12.5. The quantitative estimate of drug-likeness (QED) is 0.943. The highest BCUT2D eigenvalue weighted by atomic mass is 35.5. The number of carbonyl (C=O) groups is 1. The summed E-state index contributed by atoms with van der Waals surface area (Å²) < 4.78 is 0. The average Bonchev–Trinajstić information content (AvgIpc) is 2.92. The molecule has 0 unspecified atom stereocenters. The van der Waals surface area contributed by atoms with Crippen LogP contribution in [-0.2, 0) is 17.8 Å². The van der Waals surface area contributed by atoms with E-state index in [1.807, 2.05) is 49.5 Å². The molecular weight excluding hydrogens is 284 g/mol. The first-order valence-electron chi connectivity index (χ1n) is 6.97. The first kappa shape index (κ1) is 14.0. The van der Waals surface area contributed by atoms with Gasteiger partial charge in [-0.3, -0.25) is 4.79 Å². The van der Waals surface area contributed by atoms with Gasteiger partial charge in [-0.05, 0) is 29.3 Å². The topological polar surface area (TPSA) is 32.3 Å². The summed E-state index contributed by atoms with van der Waals surface area (Å²) in [6.07, 6.45) is 0.750. The van der Waals surface area contributed by atoms with Crippen LogP contribution >= 0.6 is 11.6 Å². The summed E-state index contributed by atoms with van der Waals surface area (Å²) in [5, 5.41) is 4.01. The van der Waals surface area contributed by atoms with Crippen LogP contribution in [0.2, 0.25) is 5.02 Å². The van der Waals surface area contributed by atoms with Gasteiger partial charge < -0.3 is 10.2 Å². The molecule has 1 heterocycles. The molecule has 4 heteroatoms. The first-order valence-corrected chi connectivity index (χ1v) is 7.35. The molecule has 1 N–H and O–H groups in total. The summed E-state index contributed by atoms with van der Waals surface area (Å²) in [6.45, 7) is 0.588. The van der Waals surface area contributed by atoms with Crippen LogP contribution in [-0.4, -0.2) is 23.9 Å². The molecule has 1 aliphatic rings. The lowest BCUT2D eigenvalue weighted by Crippen LogP contribution is -2.39. The third-order valence-corrected chi connectivity index (χ3v) is 4.03. The maximum Gasteiger partial charge on any atom is 0.245 e. The van der Waals surface area contributed by atoms with Gasteiger partial charge in [0.1, 0.15) is 6.04 Å². The number of halogens is 1. The van der Waals surface area contributed by atoms with Crippen molar-refractivity contribution in [1.29, 1.82) is 0 Å². The Hall–Kier alpha value is -2.00. The lowest BCUT2D eigenvalue weighted by atomic mass is 10.1. The van der Waals surface area contributed by atoms with Crippen molar-refractivity contribution in [1.82, 2.24) is 4.90 Å². The van der Waals surface area contributed by atoms with E-state index < -0.39 is 0 Å². The number of anilines is 1. The van der Waals surface area contributed by atoms with Crippen molar-refractivity contribution < 1.29 is 4.79 Å². The Morgan fingerprint density at radius 3 is 2.67 bits per heavy atom. The molecule has 0 saturated carbocycles. The number of nitrogens with one attached hydrogen (secondary N) is 1. The number of para-hydroxylation sites is 1. The van der Waals surface area contributed by atoms with E-state index in [0.29, 0.717) is 11.6 Å². The molecule has 3 rings (SSSR count). The summed E-state index contributed by atoms with van der Waals surface area (Å²) in [7, 11) is 1.83. The Balaban J connectivity index is 1.65. The number of amides is 1. The molecule has 0 aromatic heterocycles. The molecule has 2 aromatic rings. The van der Waals surface area contributed by atoms with Crippen LogP contribution in [0.5, 0.6) is 0 Å². The van der Waals surface area contributed by atoms with Crippen LogP contribution in [0.3, 0.4) is 0 Å².